The SMILES string of the molecule is COC(=O)[C@H](CC(=O)NCCNC(=O)OCc1ccccc1)NC(=O)OC(C)(C)C. The van der Waals surface area contributed by atoms with Gasteiger partial charge in [0.2, 0.25) is 5.91 Å². The van der Waals surface area contributed by atoms with E-state index in [1.54, 1.807) is 20.8 Å². The van der Waals surface area contributed by atoms with E-state index in [-0.39, 0.29) is 26.1 Å². The highest BCUT2D eigenvalue weighted by atomic mass is 16.6. The lowest BCUT2D eigenvalue weighted by atomic mass is 10.2. The van der Waals surface area contributed by atoms with Crippen LogP contribution in [0.2, 0.25) is 0 Å². The van der Waals surface area contributed by atoms with Crippen LogP contribution in [0.15, 0.2) is 30.3 Å². The molecule has 0 radical (unpaired) electrons. The smallest absolute Gasteiger partial charge is 0.408 e. The quantitative estimate of drug-likeness (QED) is 0.311. The summed E-state index contributed by atoms with van der Waals surface area (Å²) < 4.78 is 14.7. The molecule has 10 nitrogen and oxygen atoms in total. The molecule has 0 unspecified atom stereocenters. The first-order valence-electron chi connectivity index (χ1n) is 9.39. The fourth-order valence-corrected chi connectivity index (χ4v) is 2.18. The second kappa shape index (κ2) is 12.3. The summed E-state index contributed by atoms with van der Waals surface area (Å²) in [5.41, 5.74) is 0.0978. The first-order valence-corrected chi connectivity index (χ1v) is 9.39. The Morgan fingerprint density at radius 2 is 1.60 bits per heavy atom. The Morgan fingerprint density at radius 3 is 2.20 bits per heavy atom. The molecule has 0 aliphatic heterocycles. The molecule has 0 heterocycles. The van der Waals surface area contributed by atoms with Crippen molar-refractivity contribution in [1.29, 1.82) is 0 Å². The molecule has 0 bridgehead atoms. The minimum absolute atomic E-state index is 0.111. The normalized spacial score (nSPS) is 11.6. The molecular weight excluding hydrogens is 394 g/mol. The molecule has 0 aliphatic rings. The third kappa shape index (κ3) is 10.9. The zero-order chi connectivity index (χ0) is 22.6. The van der Waals surface area contributed by atoms with Gasteiger partial charge in [-0.2, -0.15) is 0 Å². The number of carbonyl (C=O) groups excluding carboxylic acids is 4. The predicted molar refractivity (Wildman–Crippen MR) is 107 cm³/mol. The van der Waals surface area contributed by atoms with Crippen LogP contribution in [-0.4, -0.2) is 55.9 Å². The average Bonchev–Trinajstić information content (AvgIpc) is 2.68. The number of hydrogen-bond acceptors (Lipinski definition) is 7. The number of ether oxygens (including phenoxy) is 3. The molecule has 1 atom stereocenters. The molecule has 0 aliphatic carbocycles. The molecule has 0 fully saturated rings. The lowest BCUT2D eigenvalue weighted by Crippen LogP contribution is -2.47. The van der Waals surface area contributed by atoms with Crippen molar-refractivity contribution in [3.05, 3.63) is 35.9 Å². The molecule has 1 aromatic rings. The number of esters is 1. The van der Waals surface area contributed by atoms with Crippen molar-refractivity contribution in [2.24, 2.45) is 0 Å². The summed E-state index contributed by atoms with van der Waals surface area (Å²) in [4.78, 5) is 47.3. The maximum atomic E-state index is 12.0. The van der Waals surface area contributed by atoms with Crippen molar-refractivity contribution >= 4 is 24.1 Å². The fraction of sp³-hybridized carbons (Fsp3) is 0.500. The molecule has 0 aromatic heterocycles. The van der Waals surface area contributed by atoms with Gasteiger partial charge in [0.15, 0.2) is 0 Å². The lowest BCUT2D eigenvalue weighted by molar-refractivity contribution is -0.144. The predicted octanol–water partition coefficient (Wildman–Crippen LogP) is 1.49. The summed E-state index contributed by atoms with van der Waals surface area (Å²) in [6.07, 6.45) is -1.80. The van der Waals surface area contributed by atoms with Gasteiger partial charge in [0, 0.05) is 13.1 Å². The van der Waals surface area contributed by atoms with E-state index in [4.69, 9.17) is 9.47 Å². The number of alkyl carbamates (subject to hydrolysis) is 2. The minimum atomic E-state index is -1.20. The molecular formula is C20H29N3O7. The van der Waals surface area contributed by atoms with Crippen molar-refractivity contribution in [2.45, 2.75) is 45.4 Å². The van der Waals surface area contributed by atoms with Crippen molar-refractivity contribution < 1.29 is 33.4 Å². The van der Waals surface area contributed by atoms with Gasteiger partial charge in [-0.25, -0.2) is 14.4 Å². The number of benzene rings is 1. The molecule has 0 spiro atoms. The summed E-state index contributed by atoms with van der Waals surface area (Å²) in [6, 6.07) is 8.00. The number of carbonyl (C=O) groups is 4. The minimum Gasteiger partial charge on any atom is -0.467 e. The molecule has 1 rings (SSSR count). The summed E-state index contributed by atoms with van der Waals surface area (Å²) in [5, 5.41) is 7.34. The number of hydrogen-bond donors (Lipinski definition) is 3. The van der Waals surface area contributed by atoms with Gasteiger partial charge < -0.3 is 30.2 Å². The molecule has 0 saturated carbocycles. The van der Waals surface area contributed by atoms with E-state index in [1.165, 1.54) is 0 Å². The highest BCUT2D eigenvalue weighted by Gasteiger charge is 2.27. The van der Waals surface area contributed by atoms with Crippen LogP contribution in [0, 0.1) is 0 Å². The summed E-state index contributed by atoms with van der Waals surface area (Å²) in [6.45, 7) is 5.39. The van der Waals surface area contributed by atoms with Crippen LogP contribution < -0.4 is 16.0 Å². The second-order valence-electron chi connectivity index (χ2n) is 7.26. The Morgan fingerprint density at radius 1 is 0.967 bits per heavy atom. The van der Waals surface area contributed by atoms with Crippen LogP contribution in [0.4, 0.5) is 9.59 Å². The highest BCUT2D eigenvalue weighted by Crippen LogP contribution is 2.07. The Labute approximate surface area is 175 Å². The van der Waals surface area contributed by atoms with E-state index in [0.717, 1.165) is 12.7 Å². The first-order chi connectivity index (χ1) is 14.1. The summed E-state index contributed by atoms with van der Waals surface area (Å²) in [5.74, 6) is -1.29. The van der Waals surface area contributed by atoms with E-state index in [1.807, 2.05) is 30.3 Å². The summed E-state index contributed by atoms with van der Waals surface area (Å²) in [7, 11) is 1.15. The molecule has 1 aromatic carbocycles. The Bertz CT molecular complexity index is 717. The zero-order valence-electron chi connectivity index (χ0n) is 17.7. The van der Waals surface area contributed by atoms with Crippen LogP contribution in [0.5, 0.6) is 0 Å². The molecule has 0 saturated heterocycles. The van der Waals surface area contributed by atoms with E-state index in [9.17, 15) is 19.2 Å². The summed E-state index contributed by atoms with van der Waals surface area (Å²) >= 11 is 0. The third-order valence-corrected chi connectivity index (χ3v) is 3.50. The van der Waals surface area contributed by atoms with Crippen LogP contribution in [0.1, 0.15) is 32.8 Å². The number of rotatable bonds is 9. The van der Waals surface area contributed by atoms with Crippen molar-refractivity contribution in [3.8, 4) is 0 Å². The van der Waals surface area contributed by atoms with Gasteiger partial charge in [0.25, 0.3) is 0 Å². The van der Waals surface area contributed by atoms with Gasteiger partial charge in [-0.3, -0.25) is 4.79 Å². The molecule has 3 N–H and O–H groups in total. The van der Waals surface area contributed by atoms with Crippen LogP contribution in [-0.2, 0) is 30.4 Å². The van der Waals surface area contributed by atoms with Gasteiger partial charge in [0.1, 0.15) is 18.2 Å². The lowest BCUT2D eigenvalue weighted by Gasteiger charge is -2.22. The third-order valence-electron chi connectivity index (χ3n) is 3.50. The maximum Gasteiger partial charge on any atom is 0.408 e. The Kier molecular flexibility index (Phi) is 10.1. The first kappa shape index (κ1) is 24.7. The molecule has 10 heteroatoms. The number of methoxy groups -OCH3 is 1. The number of nitrogens with one attached hydrogen (secondary N) is 3. The number of amides is 3. The van der Waals surface area contributed by atoms with E-state index in [0.29, 0.717) is 0 Å². The monoisotopic (exact) mass is 423 g/mol. The van der Waals surface area contributed by atoms with Gasteiger partial charge in [0.05, 0.1) is 13.5 Å². The standard InChI is InChI=1S/C20H29N3O7/c1-20(2,3)30-19(27)23-15(17(25)28-4)12-16(24)21-10-11-22-18(26)29-13-14-8-6-5-7-9-14/h5-9,15H,10-13H2,1-4H3,(H,21,24)(H,22,26)(H,23,27)/t15-/m0/s1. The zero-order valence-corrected chi connectivity index (χ0v) is 17.7. The van der Waals surface area contributed by atoms with E-state index in [2.05, 4.69) is 20.7 Å². The molecule has 30 heavy (non-hydrogen) atoms. The van der Waals surface area contributed by atoms with Gasteiger partial charge in [-0.15, -0.1) is 0 Å². The van der Waals surface area contributed by atoms with Gasteiger partial charge >= 0.3 is 18.2 Å². The van der Waals surface area contributed by atoms with Crippen LogP contribution in [0.25, 0.3) is 0 Å². The Hall–Kier alpha value is -3.30. The average molecular weight is 423 g/mol. The van der Waals surface area contributed by atoms with E-state index < -0.39 is 35.7 Å². The second-order valence-corrected chi connectivity index (χ2v) is 7.26. The molecule has 3 amide bonds. The van der Waals surface area contributed by atoms with Crippen molar-refractivity contribution in [1.82, 2.24) is 16.0 Å². The van der Waals surface area contributed by atoms with Crippen molar-refractivity contribution in [3.63, 3.8) is 0 Å². The maximum absolute atomic E-state index is 12.0. The topological polar surface area (TPSA) is 132 Å². The van der Waals surface area contributed by atoms with Crippen LogP contribution >= 0.6 is 0 Å². The van der Waals surface area contributed by atoms with E-state index >= 15 is 0 Å². The van der Waals surface area contributed by atoms with Gasteiger partial charge in [-0.05, 0) is 26.3 Å². The van der Waals surface area contributed by atoms with Crippen LogP contribution in [0.3, 0.4) is 0 Å². The fourth-order valence-electron chi connectivity index (χ4n) is 2.18. The molecule has 166 valence electrons. The largest absolute Gasteiger partial charge is 0.467 e. The van der Waals surface area contributed by atoms with Crippen molar-refractivity contribution in [2.75, 3.05) is 20.2 Å². The highest BCUT2D eigenvalue weighted by molar-refractivity contribution is 5.88. The van der Waals surface area contributed by atoms with Gasteiger partial charge in [-0.1, -0.05) is 30.3 Å². The Balaban J connectivity index is 2.33.